The van der Waals surface area contributed by atoms with Crippen molar-refractivity contribution in [3.63, 3.8) is 0 Å². The van der Waals surface area contributed by atoms with Crippen LogP contribution >= 0.6 is 10.7 Å². The van der Waals surface area contributed by atoms with Gasteiger partial charge in [0.1, 0.15) is 11.6 Å². The van der Waals surface area contributed by atoms with Crippen LogP contribution in [-0.2, 0) is 9.05 Å². The van der Waals surface area contributed by atoms with Crippen LogP contribution in [0.4, 0.5) is 8.78 Å². The SMILES string of the molecule is O=S(=O)(Cl)c1ccc(-c2cccc(F)c2)c(F)c1. The average molecular weight is 289 g/mol. The molecule has 0 aliphatic carbocycles. The molecule has 0 spiro atoms. The quantitative estimate of drug-likeness (QED) is 0.792. The summed E-state index contributed by atoms with van der Waals surface area (Å²) in [5, 5.41) is 0. The second-order valence-corrected chi connectivity index (χ2v) is 6.16. The summed E-state index contributed by atoms with van der Waals surface area (Å²) in [4.78, 5) is -0.332. The van der Waals surface area contributed by atoms with Crippen LogP contribution in [0.25, 0.3) is 11.1 Å². The molecule has 0 saturated heterocycles. The molecule has 0 radical (unpaired) electrons. The van der Waals surface area contributed by atoms with Crippen molar-refractivity contribution in [3.8, 4) is 11.1 Å². The largest absolute Gasteiger partial charge is 0.261 e. The van der Waals surface area contributed by atoms with Gasteiger partial charge < -0.3 is 0 Å². The van der Waals surface area contributed by atoms with Gasteiger partial charge in [0, 0.05) is 16.2 Å². The molecule has 0 aromatic heterocycles. The first-order chi connectivity index (χ1) is 8.38. The van der Waals surface area contributed by atoms with Gasteiger partial charge in [0.25, 0.3) is 9.05 Å². The highest BCUT2D eigenvalue weighted by Gasteiger charge is 2.14. The maximum atomic E-state index is 13.8. The van der Waals surface area contributed by atoms with Crippen molar-refractivity contribution >= 4 is 19.7 Å². The van der Waals surface area contributed by atoms with Crippen LogP contribution in [0.3, 0.4) is 0 Å². The lowest BCUT2D eigenvalue weighted by Gasteiger charge is -2.05. The van der Waals surface area contributed by atoms with E-state index >= 15 is 0 Å². The lowest BCUT2D eigenvalue weighted by molar-refractivity contribution is 0.603. The predicted molar refractivity (Wildman–Crippen MR) is 64.8 cm³/mol. The topological polar surface area (TPSA) is 34.1 Å². The van der Waals surface area contributed by atoms with Crippen molar-refractivity contribution in [1.29, 1.82) is 0 Å². The highest BCUT2D eigenvalue weighted by atomic mass is 35.7. The molecule has 2 rings (SSSR count). The molecule has 0 N–H and O–H groups in total. The average Bonchev–Trinajstić information content (AvgIpc) is 2.27. The molecule has 0 fully saturated rings. The van der Waals surface area contributed by atoms with Crippen LogP contribution in [0.15, 0.2) is 47.4 Å². The van der Waals surface area contributed by atoms with E-state index in [2.05, 4.69) is 0 Å². The highest BCUT2D eigenvalue weighted by Crippen LogP contribution is 2.26. The maximum absolute atomic E-state index is 13.8. The standard InChI is InChI=1S/C12H7ClF2O2S/c13-18(16,17)10-4-5-11(12(15)7-10)8-2-1-3-9(14)6-8/h1-7H. The first-order valence-electron chi connectivity index (χ1n) is 4.88. The Balaban J connectivity index is 2.55. The van der Waals surface area contributed by atoms with E-state index in [0.717, 1.165) is 12.1 Å². The van der Waals surface area contributed by atoms with Crippen molar-refractivity contribution in [1.82, 2.24) is 0 Å². The van der Waals surface area contributed by atoms with Crippen molar-refractivity contribution in [2.45, 2.75) is 4.90 Å². The van der Waals surface area contributed by atoms with Crippen molar-refractivity contribution < 1.29 is 17.2 Å². The minimum Gasteiger partial charge on any atom is -0.207 e. The summed E-state index contributed by atoms with van der Waals surface area (Å²) >= 11 is 0. The molecule has 2 aromatic rings. The lowest BCUT2D eigenvalue weighted by Crippen LogP contribution is -1.93. The van der Waals surface area contributed by atoms with Gasteiger partial charge in [-0.05, 0) is 29.8 Å². The lowest BCUT2D eigenvalue weighted by atomic mass is 10.1. The molecule has 0 atom stereocenters. The zero-order chi connectivity index (χ0) is 13.3. The Morgan fingerprint density at radius 1 is 1.00 bits per heavy atom. The highest BCUT2D eigenvalue weighted by molar-refractivity contribution is 8.13. The molecule has 0 bridgehead atoms. The normalized spacial score (nSPS) is 11.5. The van der Waals surface area contributed by atoms with E-state index < -0.39 is 20.7 Å². The Labute approximate surface area is 107 Å². The summed E-state index contributed by atoms with van der Waals surface area (Å²) < 4.78 is 48.8. The molecule has 0 aliphatic rings. The Kier molecular flexibility index (Phi) is 3.36. The number of halogens is 3. The van der Waals surface area contributed by atoms with E-state index in [-0.39, 0.29) is 10.5 Å². The minimum absolute atomic E-state index is 0.110. The number of rotatable bonds is 2. The zero-order valence-corrected chi connectivity index (χ0v) is 10.5. The fraction of sp³-hybridized carbons (Fsp3) is 0. The zero-order valence-electron chi connectivity index (χ0n) is 8.90. The molecule has 6 heteroatoms. The van der Waals surface area contributed by atoms with Crippen LogP contribution in [0.5, 0.6) is 0 Å². The molecule has 0 unspecified atom stereocenters. The summed E-state index contributed by atoms with van der Waals surface area (Å²) in [6, 6.07) is 8.59. The smallest absolute Gasteiger partial charge is 0.207 e. The van der Waals surface area contributed by atoms with Gasteiger partial charge in [-0.2, -0.15) is 0 Å². The number of hydrogen-bond donors (Lipinski definition) is 0. The van der Waals surface area contributed by atoms with Gasteiger partial charge in [-0.15, -0.1) is 0 Å². The van der Waals surface area contributed by atoms with Crippen LogP contribution < -0.4 is 0 Å². The van der Waals surface area contributed by atoms with Crippen LogP contribution in [-0.4, -0.2) is 8.42 Å². The molecule has 2 nitrogen and oxygen atoms in total. The molecule has 0 aliphatic heterocycles. The van der Waals surface area contributed by atoms with Crippen LogP contribution in [0, 0.1) is 11.6 Å². The van der Waals surface area contributed by atoms with Gasteiger partial charge in [0.15, 0.2) is 0 Å². The summed E-state index contributed by atoms with van der Waals surface area (Å²) in [5.74, 6) is -1.27. The van der Waals surface area contributed by atoms with Gasteiger partial charge >= 0.3 is 0 Å². The second kappa shape index (κ2) is 4.66. The van der Waals surface area contributed by atoms with Gasteiger partial charge in [0.2, 0.25) is 0 Å². The monoisotopic (exact) mass is 288 g/mol. The second-order valence-electron chi connectivity index (χ2n) is 3.59. The summed E-state index contributed by atoms with van der Waals surface area (Å²) in [5.41, 5.74) is 0.435. The first-order valence-corrected chi connectivity index (χ1v) is 7.19. The Morgan fingerprint density at radius 2 is 1.72 bits per heavy atom. The summed E-state index contributed by atoms with van der Waals surface area (Å²) in [7, 11) is 1.13. The van der Waals surface area contributed by atoms with Crippen molar-refractivity contribution in [3.05, 3.63) is 54.1 Å². The molecule has 94 valence electrons. The number of benzene rings is 2. The third-order valence-corrected chi connectivity index (χ3v) is 3.71. The van der Waals surface area contributed by atoms with Gasteiger partial charge in [-0.3, -0.25) is 0 Å². The Hall–Kier alpha value is -1.46. The van der Waals surface area contributed by atoms with Crippen LogP contribution in [0.2, 0.25) is 0 Å². The first kappa shape index (κ1) is 13.0. The predicted octanol–water partition coefficient (Wildman–Crippen LogP) is 3.56. The third-order valence-electron chi connectivity index (χ3n) is 2.36. The van der Waals surface area contributed by atoms with E-state index in [4.69, 9.17) is 10.7 Å². The minimum atomic E-state index is -3.97. The van der Waals surface area contributed by atoms with E-state index in [1.165, 1.54) is 30.3 Å². The van der Waals surface area contributed by atoms with E-state index in [1.807, 2.05) is 0 Å². The van der Waals surface area contributed by atoms with E-state index in [9.17, 15) is 17.2 Å². The molecule has 0 saturated carbocycles. The summed E-state index contributed by atoms with van der Waals surface area (Å²) in [6.45, 7) is 0. The molecule has 18 heavy (non-hydrogen) atoms. The summed E-state index contributed by atoms with van der Waals surface area (Å²) in [6.07, 6.45) is 0. The molecule has 0 heterocycles. The van der Waals surface area contributed by atoms with Gasteiger partial charge in [-0.25, -0.2) is 17.2 Å². The molecule has 2 aromatic carbocycles. The Bertz CT molecular complexity index is 699. The number of hydrogen-bond acceptors (Lipinski definition) is 2. The van der Waals surface area contributed by atoms with Crippen LogP contribution in [0.1, 0.15) is 0 Å². The molecular formula is C12H7ClF2O2S. The van der Waals surface area contributed by atoms with Gasteiger partial charge in [0.05, 0.1) is 4.90 Å². The fourth-order valence-corrected chi connectivity index (χ4v) is 2.30. The van der Waals surface area contributed by atoms with Gasteiger partial charge in [-0.1, -0.05) is 18.2 Å². The molecule has 0 amide bonds. The maximum Gasteiger partial charge on any atom is 0.261 e. The Morgan fingerprint density at radius 3 is 2.28 bits per heavy atom. The van der Waals surface area contributed by atoms with E-state index in [0.29, 0.717) is 5.56 Å². The fourth-order valence-electron chi connectivity index (χ4n) is 1.54. The van der Waals surface area contributed by atoms with Crippen molar-refractivity contribution in [2.75, 3.05) is 0 Å². The van der Waals surface area contributed by atoms with E-state index in [1.54, 1.807) is 0 Å². The molecular weight excluding hydrogens is 282 g/mol. The van der Waals surface area contributed by atoms with Crippen molar-refractivity contribution in [2.24, 2.45) is 0 Å². The third kappa shape index (κ3) is 2.68.